The molecule has 1 fully saturated rings. The number of likely N-dealkylation sites (tertiary alicyclic amines) is 1. The molecular formula is C19H21N3O2. The first-order chi connectivity index (χ1) is 11.6. The van der Waals surface area contributed by atoms with E-state index in [-0.39, 0.29) is 5.91 Å². The van der Waals surface area contributed by atoms with Gasteiger partial charge in [-0.3, -0.25) is 14.6 Å². The molecule has 2 aromatic rings. The SMILES string of the molecule is NC(=O)c1ccc(CC2CCN(C(=O)c3cccnc3)CC2)cc1. The Morgan fingerprint density at radius 2 is 1.79 bits per heavy atom. The fourth-order valence-corrected chi connectivity index (χ4v) is 3.15. The highest BCUT2D eigenvalue weighted by Gasteiger charge is 2.23. The maximum Gasteiger partial charge on any atom is 0.255 e. The van der Waals surface area contributed by atoms with Gasteiger partial charge in [0.15, 0.2) is 0 Å². The Bertz CT molecular complexity index is 705. The standard InChI is InChI=1S/C19H21N3O2/c20-18(23)16-5-3-14(4-6-16)12-15-7-10-22(11-8-15)19(24)17-2-1-9-21-13-17/h1-6,9,13,15H,7-8,10-12H2,(H2,20,23). The summed E-state index contributed by atoms with van der Waals surface area (Å²) < 4.78 is 0. The van der Waals surface area contributed by atoms with Gasteiger partial charge in [-0.05, 0) is 55.0 Å². The van der Waals surface area contributed by atoms with Gasteiger partial charge in [-0.1, -0.05) is 12.1 Å². The second kappa shape index (κ2) is 7.25. The number of amides is 2. The molecule has 24 heavy (non-hydrogen) atoms. The summed E-state index contributed by atoms with van der Waals surface area (Å²) in [6, 6.07) is 11.1. The summed E-state index contributed by atoms with van der Waals surface area (Å²) in [5.74, 6) is 0.221. The lowest BCUT2D eigenvalue weighted by molar-refractivity contribution is 0.0690. The maximum atomic E-state index is 12.4. The van der Waals surface area contributed by atoms with Gasteiger partial charge in [0.25, 0.3) is 5.91 Å². The Kier molecular flexibility index (Phi) is 4.89. The van der Waals surface area contributed by atoms with Crippen LogP contribution in [-0.2, 0) is 6.42 Å². The molecule has 1 saturated heterocycles. The average Bonchev–Trinajstić information content (AvgIpc) is 2.63. The topological polar surface area (TPSA) is 76.3 Å². The number of hydrogen-bond donors (Lipinski definition) is 1. The minimum atomic E-state index is -0.399. The van der Waals surface area contributed by atoms with Crippen molar-refractivity contribution < 1.29 is 9.59 Å². The van der Waals surface area contributed by atoms with Crippen LogP contribution in [0.3, 0.4) is 0 Å². The van der Waals surface area contributed by atoms with Gasteiger partial charge in [0.1, 0.15) is 0 Å². The summed E-state index contributed by atoms with van der Waals surface area (Å²) in [5, 5.41) is 0. The molecule has 0 spiro atoms. The first-order valence-corrected chi connectivity index (χ1v) is 8.21. The Labute approximate surface area is 141 Å². The predicted molar refractivity (Wildman–Crippen MR) is 91.5 cm³/mol. The molecular weight excluding hydrogens is 302 g/mol. The number of primary amides is 1. The molecule has 0 aliphatic carbocycles. The molecule has 1 aliphatic rings. The zero-order valence-electron chi connectivity index (χ0n) is 13.5. The number of carbonyl (C=O) groups excluding carboxylic acids is 2. The third-order valence-electron chi connectivity index (χ3n) is 4.57. The van der Waals surface area contributed by atoms with Crippen LogP contribution in [0.4, 0.5) is 0 Å². The van der Waals surface area contributed by atoms with Gasteiger partial charge in [0, 0.05) is 31.0 Å². The number of piperidine rings is 1. The van der Waals surface area contributed by atoms with Gasteiger partial charge in [0.2, 0.25) is 5.91 Å². The highest BCUT2D eigenvalue weighted by molar-refractivity contribution is 5.94. The monoisotopic (exact) mass is 323 g/mol. The van der Waals surface area contributed by atoms with E-state index < -0.39 is 5.91 Å². The number of hydrogen-bond acceptors (Lipinski definition) is 3. The summed E-state index contributed by atoms with van der Waals surface area (Å²) in [6.45, 7) is 1.55. The number of pyridine rings is 1. The van der Waals surface area contributed by atoms with Crippen LogP contribution >= 0.6 is 0 Å². The van der Waals surface area contributed by atoms with Crippen molar-refractivity contribution in [1.29, 1.82) is 0 Å². The zero-order valence-corrected chi connectivity index (χ0v) is 13.5. The molecule has 1 aliphatic heterocycles. The van der Waals surface area contributed by atoms with E-state index in [1.54, 1.807) is 30.6 Å². The fourth-order valence-electron chi connectivity index (χ4n) is 3.15. The molecule has 2 N–H and O–H groups in total. The van der Waals surface area contributed by atoms with E-state index in [0.29, 0.717) is 17.0 Å². The minimum Gasteiger partial charge on any atom is -0.366 e. The number of rotatable bonds is 4. The third-order valence-corrected chi connectivity index (χ3v) is 4.57. The lowest BCUT2D eigenvalue weighted by atomic mass is 9.89. The van der Waals surface area contributed by atoms with Crippen LogP contribution in [-0.4, -0.2) is 34.8 Å². The number of aromatic nitrogens is 1. The van der Waals surface area contributed by atoms with Gasteiger partial charge in [0.05, 0.1) is 5.56 Å². The highest BCUT2D eigenvalue weighted by Crippen LogP contribution is 2.23. The third kappa shape index (κ3) is 3.79. The average molecular weight is 323 g/mol. The fraction of sp³-hybridized carbons (Fsp3) is 0.316. The van der Waals surface area contributed by atoms with Crippen LogP contribution in [0.5, 0.6) is 0 Å². The smallest absolute Gasteiger partial charge is 0.255 e. The quantitative estimate of drug-likeness (QED) is 0.938. The summed E-state index contributed by atoms with van der Waals surface area (Å²) in [6.07, 6.45) is 6.24. The van der Waals surface area contributed by atoms with Crippen LogP contribution in [0, 0.1) is 5.92 Å². The van der Waals surface area contributed by atoms with Crippen molar-refractivity contribution in [3.05, 3.63) is 65.5 Å². The first kappa shape index (κ1) is 16.2. The van der Waals surface area contributed by atoms with E-state index >= 15 is 0 Å². The summed E-state index contributed by atoms with van der Waals surface area (Å²) in [7, 11) is 0. The zero-order chi connectivity index (χ0) is 16.9. The second-order valence-corrected chi connectivity index (χ2v) is 6.24. The van der Waals surface area contributed by atoms with E-state index in [1.807, 2.05) is 23.1 Å². The van der Waals surface area contributed by atoms with Crippen LogP contribution in [0.15, 0.2) is 48.8 Å². The molecule has 2 heterocycles. The summed E-state index contributed by atoms with van der Waals surface area (Å²) >= 11 is 0. The van der Waals surface area contributed by atoms with Crippen molar-refractivity contribution in [3.63, 3.8) is 0 Å². The highest BCUT2D eigenvalue weighted by atomic mass is 16.2. The normalized spacial score (nSPS) is 15.2. The summed E-state index contributed by atoms with van der Waals surface area (Å²) in [5.41, 5.74) is 7.65. The molecule has 0 unspecified atom stereocenters. The van der Waals surface area contributed by atoms with Crippen LogP contribution < -0.4 is 5.73 Å². The Morgan fingerprint density at radius 1 is 1.08 bits per heavy atom. The number of nitrogens with two attached hydrogens (primary N) is 1. The first-order valence-electron chi connectivity index (χ1n) is 8.21. The molecule has 5 nitrogen and oxygen atoms in total. The number of carbonyl (C=O) groups is 2. The molecule has 1 aromatic heterocycles. The van der Waals surface area contributed by atoms with Gasteiger partial charge >= 0.3 is 0 Å². The van der Waals surface area contributed by atoms with E-state index in [0.717, 1.165) is 32.4 Å². The predicted octanol–water partition coefficient (Wildman–Crippen LogP) is 2.28. The molecule has 1 aromatic carbocycles. The Balaban J connectivity index is 1.53. The molecule has 5 heteroatoms. The molecule has 124 valence electrons. The van der Waals surface area contributed by atoms with Crippen molar-refractivity contribution in [3.8, 4) is 0 Å². The Hall–Kier alpha value is -2.69. The minimum absolute atomic E-state index is 0.0624. The molecule has 0 bridgehead atoms. The molecule has 3 rings (SSSR count). The van der Waals surface area contributed by atoms with E-state index in [4.69, 9.17) is 5.73 Å². The van der Waals surface area contributed by atoms with E-state index in [9.17, 15) is 9.59 Å². The maximum absolute atomic E-state index is 12.4. The largest absolute Gasteiger partial charge is 0.366 e. The van der Waals surface area contributed by atoms with E-state index in [1.165, 1.54) is 5.56 Å². The van der Waals surface area contributed by atoms with Crippen molar-refractivity contribution in [2.75, 3.05) is 13.1 Å². The van der Waals surface area contributed by atoms with Crippen LogP contribution in [0.25, 0.3) is 0 Å². The van der Waals surface area contributed by atoms with Gasteiger partial charge in [-0.2, -0.15) is 0 Å². The van der Waals surface area contributed by atoms with Crippen molar-refractivity contribution in [1.82, 2.24) is 9.88 Å². The Morgan fingerprint density at radius 3 is 2.38 bits per heavy atom. The van der Waals surface area contributed by atoms with Crippen molar-refractivity contribution >= 4 is 11.8 Å². The molecule has 0 saturated carbocycles. The number of benzene rings is 1. The van der Waals surface area contributed by atoms with Crippen LogP contribution in [0.1, 0.15) is 39.1 Å². The summed E-state index contributed by atoms with van der Waals surface area (Å²) in [4.78, 5) is 29.4. The van der Waals surface area contributed by atoms with Gasteiger partial charge in [-0.25, -0.2) is 0 Å². The molecule has 0 atom stereocenters. The van der Waals surface area contributed by atoms with Crippen molar-refractivity contribution in [2.45, 2.75) is 19.3 Å². The van der Waals surface area contributed by atoms with Gasteiger partial charge in [-0.15, -0.1) is 0 Å². The van der Waals surface area contributed by atoms with Gasteiger partial charge < -0.3 is 10.6 Å². The number of nitrogens with zero attached hydrogens (tertiary/aromatic N) is 2. The lowest BCUT2D eigenvalue weighted by Gasteiger charge is -2.32. The lowest BCUT2D eigenvalue weighted by Crippen LogP contribution is -2.38. The van der Waals surface area contributed by atoms with E-state index in [2.05, 4.69) is 4.98 Å². The van der Waals surface area contributed by atoms with Crippen LogP contribution in [0.2, 0.25) is 0 Å². The second-order valence-electron chi connectivity index (χ2n) is 6.24. The molecule has 2 amide bonds. The molecule has 0 radical (unpaired) electrons. The van der Waals surface area contributed by atoms with Crippen molar-refractivity contribution in [2.24, 2.45) is 11.7 Å².